The van der Waals surface area contributed by atoms with Crippen LogP contribution in [0.4, 0.5) is 0 Å². The SMILES string of the molecule is O=C(N=C=S)c1cc2c(s1)CCCCC2. The van der Waals surface area contributed by atoms with Gasteiger partial charge in [-0.15, -0.1) is 11.3 Å². The van der Waals surface area contributed by atoms with Gasteiger partial charge in [0, 0.05) is 4.88 Å². The topological polar surface area (TPSA) is 29.4 Å². The van der Waals surface area contributed by atoms with Crippen molar-refractivity contribution in [2.75, 3.05) is 0 Å². The van der Waals surface area contributed by atoms with Crippen LogP contribution in [-0.2, 0) is 12.8 Å². The fourth-order valence-corrected chi connectivity index (χ4v) is 3.09. The van der Waals surface area contributed by atoms with Crippen LogP contribution in [0.25, 0.3) is 0 Å². The van der Waals surface area contributed by atoms with Gasteiger partial charge in [-0.25, -0.2) is 0 Å². The van der Waals surface area contributed by atoms with Gasteiger partial charge in [-0.1, -0.05) is 6.42 Å². The number of isothiocyanates is 1. The van der Waals surface area contributed by atoms with Crippen LogP contribution in [-0.4, -0.2) is 11.1 Å². The molecule has 15 heavy (non-hydrogen) atoms. The molecule has 1 aromatic rings. The number of aliphatic imine (C=N–C) groups is 1. The second kappa shape index (κ2) is 4.79. The van der Waals surface area contributed by atoms with Gasteiger partial charge in [0.05, 0.1) is 10.0 Å². The summed E-state index contributed by atoms with van der Waals surface area (Å²) in [4.78, 5) is 17.0. The molecule has 1 aromatic heterocycles. The Labute approximate surface area is 98.0 Å². The van der Waals surface area contributed by atoms with Crippen LogP contribution in [0.2, 0.25) is 0 Å². The van der Waals surface area contributed by atoms with Crippen molar-refractivity contribution >= 4 is 34.6 Å². The van der Waals surface area contributed by atoms with E-state index in [1.807, 2.05) is 6.07 Å². The van der Waals surface area contributed by atoms with Crippen LogP contribution in [0.15, 0.2) is 11.1 Å². The fraction of sp³-hybridized carbons (Fsp3) is 0.455. The molecule has 0 aromatic carbocycles. The Morgan fingerprint density at radius 1 is 1.40 bits per heavy atom. The largest absolute Gasteiger partial charge is 0.295 e. The molecule has 0 fully saturated rings. The van der Waals surface area contributed by atoms with E-state index < -0.39 is 0 Å². The molecule has 0 saturated heterocycles. The van der Waals surface area contributed by atoms with Crippen molar-refractivity contribution in [2.45, 2.75) is 32.1 Å². The maximum atomic E-state index is 11.5. The molecular weight excluding hydrogens is 226 g/mol. The predicted molar refractivity (Wildman–Crippen MR) is 64.9 cm³/mol. The lowest BCUT2D eigenvalue weighted by Gasteiger charge is -1.92. The van der Waals surface area contributed by atoms with E-state index in [4.69, 9.17) is 0 Å². The number of fused-ring (bicyclic) bond motifs is 1. The summed E-state index contributed by atoms with van der Waals surface area (Å²) in [5.74, 6) is -0.247. The minimum Gasteiger partial charge on any atom is -0.265 e. The zero-order valence-electron chi connectivity index (χ0n) is 8.28. The summed E-state index contributed by atoms with van der Waals surface area (Å²) in [7, 11) is 0. The lowest BCUT2D eigenvalue weighted by Crippen LogP contribution is -1.89. The first-order chi connectivity index (χ1) is 7.31. The predicted octanol–water partition coefficient (Wildman–Crippen LogP) is 3.26. The summed E-state index contributed by atoms with van der Waals surface area (Å²) in [5, 5.41) is 2.12. The van der Waals surface area contributed by atoms with Crippen molar-refractivity contribution in [1.82, 2.24) is 0 Å². The Balaban J connectivity index is 2.29. The summed E-state index contributed by atoms with van der Waals surface area (Å²) in [6.45, 7) is 0. The number of carbonyl (C=O) groups is 1. The minimum absolute atomic E-state index is 0.247. The second-order valence-corrected chi connectivity index (χ2v) is 4.95. The summed E-state index contributed by atoms with van der Waals surface area (Å²) in [5.41, 5.74) is 1.33. The molecule has 2 nitrogen and oxygen atoms in total. The van der Waals surface area contributed by atoms with Crippen LogP contribution < -0.4 is 0 Å². The average molecular weight is 237 g/mol. The standard InChI is InChI=1S/C11H11NOS2/c13-11(12-7-14)10-6-8-4-2-1-3-5-9(8)15-10/h6H,1-5H2. The van der Waals surface area contributed by atoms with E-state index in [-0.39, 0.29) is 5.91 Å². The number of carbonyl (C=O) groups excluding carboxylic acids is 1. The van der Waals surface area contributed by atoms with Gasteiger partial charge in [0.25, 0.3) is 5.91 Å². The highest BCUT2D eigenvalue weighted by atomic mass is 32.1. The van der Waals surface area contributed by atoms with Gasteiger partial charge >= 0.3 is 0 Å². The van der Waals surface area contributed by atoms with Crippen molar-refractivity contribution in [3.05, 3.63) is 21.4 Å². The zero-order valence-corrected chi connectivity index (χ0v) is 9.92. The second-order valence-electron chi connectivity index (χ2n) is 3.63. The van der Waals surface area contributed by atoms with E-state index in [2.05, 4.69) is 22.4 Å². The molecule has 0 N–H and O–H groups in total. The highest BCUT2D eigenvalue weighted by molar-refractivity contribution is 7.78. The Morgan fingerprint density at radius 3 is 3.00 bits per heavy atom. The molecule has 78 valence electrons. The number of rotatable bonds is 1. The Kier molecular flexibility index (Phi) is 3.41. The fourth-order valence-electron chi connectivity index (χ4n) is 1.87. The molecule has 1 aliphatic carbocycles. The number of hydrogen-bond donors (Lipinski definition) is 0. The minimum atomic E-state index is -0.247. The number of thiocarbonyl (C=S) groups is 1. The van der Waals surface area contributed by atoms with E-state index in [1.165, 1.54) is 29.7 Å². The van der Waals surface area contributed by atoms with E-state index in [9.17, 15) is 4.79 Å². The quantitative estimate of drug-likeness (QED) is 0.426. The Morgan fingerprint density at radius 2 is 2.20 bits per heavy atom. The molecule has 0 atom stereocenters. The molecule has 0 spiro atoms. The third-order valence-electron chi connectivity index (χ3n) is 2.60. The van der Waals surface area contributed by atoms with Gasteiger partial charge in [-0.3, -0.25) is 4.79 Å². The van der Waals surface area contributed by atoms with E-state index >= 15 is 0 Å². The lowest BCUT2D eigenvalue weighted by atomic mass is 10.1. The van der Waals surface area contributed by atoms with Crippen molar-refractivity contribution < 1.29 is 4.79 Å². The van der Waals surface area contributed by atoms with Gasteiger partial charge in [-0.05, 0) is 49.5 Å². The van der Waals surface area contributed by atoms with E-state index in [1.54, 1.807) is 11.3 Å². The Hall–Kier alpha value is -0.830. The first-order valence-electron chi connectivity index (χ1n) is 5.05. The van der Waals surface area contributed by atoms with Crippen LogP contribution >= 0.6 is 23.6 Å². The van der Waals surface area contributed by atoms with Crippen molar-refractivity contribution in [3.8, 4) is 0 Å². The van der Waals surface area contributed by atoms with Crippen LogP contribution in [0.3, 0.4) is 0 Å². The van der Waals surface area contributed by atoms with Gasteiger partial charge in [-0.2, -0.15) is 4.99 Å². The van der Waals surface area contributed by atoms with E-state index in [0.29, 0.717) is 4.88 Å². The van der Waals surface area contributed by atoms with Gasteiger partial charge in [0.1, 0.15) is 0 Å². The third kappa shape index (κ3) is 2.40. The smallest absolute Gasteiger partial charge is 0.265 e. The van der Waals surface area contributed by atoms with Crippen LogP contribution in [0, 0.1) is 0 Å². The molecule has 0 bridgehead atoms. The zero-order chi connectivity index (χ0) is 10.7. The Bertz CT molecular complexity index is 406. The van der Waals surface area contributed by atoms with Crippen molar-refractivity contribution in [3.63, 3.8) is 0 Å². The maximum absolute atomic E-state index is 11.5. The number of aryl methyl sites for hydroxylation is 2. The van der Waals surface area contributed by atoms with Crippen LogP contribution in [0.1, 0.15) is 39.4 Å². The van der Waals surface area contributed by atoms with Gasteiger partial charge < -0.3 is 0 Å². The number of hydrogen-bond acceptors (Lipinski definition) is 3. The average Bonchev–Trinajstić information content (AvgIpc) is 2.51. The van der Waals surface area contributed by atoms with Crippen molar-refractivity contribution in [2.24, 2.45) is 4.99 Å². The molecule has 1 aliphatic rings. The highest BCUT2D eigenvalue weighted by Crippen LogP contribution is 2.29. The molecule has 1 amide bonds. The molecule has 0 saturated carbocycles. The van der Waals surface area contributed by atoms with Crippen molar-refractivity contribution in [1.29, 1.82) is 0 Å². The molecule has 4 heteroatoms. The third-order valence-corrected chi connectivity index (χ3v) is 3.92. The van der Waals surface area contributed by atoms with E-state index in [0.717, 1.165) is 12.8 Å². The van der Waals surface area contributed by atoms with Gasteiger partial charge in [0.15, 0.2) is 0 Å². The summed E-state index contributed by atoms with van der Waals surface area (Å²) >= 11 is 5.99. The first-order valence-corrected chi connectivity index (χ1v) is 6.27. The first kappa shape index (κ1) is 10.7. The molecule has 2 rings (SSSR count). The molecule has 0 aliphatic heterocycles. The molecule has 0 unspecified atom stereocenters. The number of nitrogens with zero attached hydrogens (tertiary/aromatic N) is 1. The van der Waals surface area contributed by atoms with Crippen LogP contribution in [0.5, 0.6) is 0 Å². The number of amides is 1. The normalized spacial score (nSPS) is 14.9. The summed E-state index contributed by atoms with van der Waals surface area (Å²) < 4.78 is 0. The summed E-state index contributed by atoms with van der Waals surface area (Å²) in [6.07, 6.45) is 5.96. The number of thiophene rings is 1. The highest BCUT2D eigenvalue weighted by Gasteiger charge is 2.15. The molecular formula is C11H11NOS2. The monoisotopic (exact) mass is 237 g/mol. The van der Waals surface area contributed by atoms with Gasteiger partial charge in [0.2, 0.25) is 0 Å². The maximum Gasteiger partial charge on any atom is 0.295 e. The lowest BCUT2D eigenvalue weighted by molar-refractivity contribution is 0.101. The molecule has 1 heterocycles. The summed E-state index contributed by atoms with van der Waals surface area (Å²) in [6, 6.07) is 1.98. The molecule has 0 radical (unpaired) electrons.